The van der Waals surface area contributed by atoms with Crippen LogP contribution in [0, 0.1) is 0 Å². The van der Waals surface area contributed by atoms with E-state index in [2.05, 4.69) is 10.6 Å². The van der Waals surface area contributed by atoms with Crippen LogP contribution in [-0.4, -0.2) is 55.0 Å². The number of nitrogens with zero attached hydrogens (tertiary/aromatic N) is 1. The van der Waals surface area contributed by atoms with Gasteiger partial charge in [-0.05, 0) is 43.4 Å². The molecule has 1 aliphatic carbocycles. The van der Waals surface area contributed by atoms with Gasteiger partial charge < -0.3 is 26.0 Å². The average molecular weight is 451 g/mol. The molecule has 0 aromatic heterocycles. The van der Waals surface area contributed by atoms with Crippen molar-refractivity contribution in [3.8, 4) is 11.1 Å². The van der Waals surface area contributed by atoms with Crippen LogP contribution < -0.4 is 16.4 Å². The minimum atomic E-state index is -0.766. The van der Waals surface area contributed by atoms with E-state index in [9.17, 15) is 14.4 Å². The lowest BCUT2D eigenvalue weighted by Gasteiger charge is -2.23. The number of ether oxygens (including phenoxy) is 1. The molecule has 0 spiro atoms. The fourth-order valence-corrected chi connectivity index (χ4v) is 4.52. The van der Waals surface area contributed by atoms with E-state index in [1.807, 2.05) is 48.5 Å². The third-order valence-electron chi connectivity index (χ3n) is 6.33. The van der Waals surface area contributed by atoms with E-state index < -0.39 is 24.1 Å². The standard InChI is InChI=1S/C25H30N4O4/c1-29(15-7-13-20(23(26)30)28-24(31)21-12-6-14-27-21)25(32)33-22-18-10-4-2-8-16(18)17-9-3-5-11-19(17)22/h2-5,8-11,20-22,27H,6-7,12-15H2,1H3,(H2,26,30)(H,28,31)/t20-,21-/m0/s1. The number of nitrogens with two attached hydrogens (primary N) is 1. The third-order valence-corrected chi connectivity index (χ3v) is 6.33. The van der Waals surface area contributed by atoms with Gasteiger partial charge in [0.05, 0.1) is 6.04 Å². The molecule has 0 unspecified atom stereocenters. The number of benzene rings is 2. The highest BCUT2D eigenvalue weighted by Gasteiger charge is 2.32. The van der Waals surface area contributed by atoms with Crippen molar-refractivity contribution < 1.29 is 19.1 Å². The lowest BCUT2D eigenvalue weighted by atomic mass is 10.1. The molecule has 3 amide bonds. The van der Waals surface area contributed by atoms with Crippen LogP contribution in [0.1, 0.15) is 42.9 Å². The Morgan fingerprint density at radius 2 is 1.76 bits per heavy atom. The minimum Gasteiger partial charge on any atom is -0.436 e. The molecule has 0 saturated carbocycles. The normalized spacial score (nSPS) is 17.7. The molecule has 0 bridgehead atoms. The summed E-state index contributed by atoms with van der Waals surface area (Å²) in [6.45, 7) is 1.17. The molecule has 0 radical (unpaired) electrons. The van der Waals surface area contributed by atoms with E-state index in [0.717, 1.165) is 41.6 Å². The molecular weight excluding hydrogens is 420 g/mol. The Kier molecular flexibility index (Phi) is 6.93. The van der Waals surface area contributed by atoms with Crippen LogP contribution in [0.25, 0.3) is 11.1 Å². The van der Waals surface area contributed by atoms with Gasteiger partial charge in [-0.15, -0.1) is 0 Å². The predicted octanol–water partition coefficient (Wildman–Crippen LogP) is 2.33. The van der Waals surface area contributed by atoms with Crippen LogP contribution in [0.15, 0.2) is 48.5 Å². The smallest absolute Gasteiger partial charge is 0.410 e. The average Bonchev–Trinajstić information content (AvgIpc) is 3.46. The molecule has 2 atom stereocenters. The van der Waals surface area contributed by atoms with Gasteiger partial charge in [-0.1, -0.05) is 48.5 Å². The highest BCUT2D eigenvalue weighted by Crippen LogP contribution is 2.45. The Balaban J connectivity index is 1.31. The number of carbonyl (C=O) groups is 3. The molecule has 8 nitrogen and oxygen atoms in total. The van der Waals surface area contributed by atoms with Crippen molar-refractivity contribution in [3.05, 3.63) is 59.7 Å². The summed E-state index contributed by atoms with van der Waals surface area (Å²) < 4.78 is 5.88. The molecule has 8 heteroatoms. The van der Waals surface area contributed by atoms with Gasteiger partial charge in [-0.25, -0.2) is 4.79 Å². The lowest BCUT2D eigenvalue weighted by Crippen LogP contribution is -2.50. The van der Waals surface area contributed by atoms with E-state index in [1.165, 1.54) is 4.90 Å². The fraction of sp³-hybridized carbons (Fsp3) is 0.400. The maximum Gasteiger partial charge on any atom is 0.410 e. The van der Waals surface area contributed by atoms with Crippen LogP contribution in [-0.2, 0) is 14.3 Å². The summed E-state index contributed by atoms with van der Waals surface area (Å²) in [7, 11) is 1.66. The van der Waals surface area contributed by atoms with Gasteiger partial charge in [0.1, 0.15) is 6.04 Å². The highest BCUT2D eigenvalue weighted by atomic mass is 16.6. The van der Waals surface area contributed by atoms with E-state index in [4.69, 9.17) is 10.5 Å². The number of hydrogen-bond acceptors (Lipinski definition) is 5. The zero-order valence-corrected chi connectivity index (χ0v) is 18.8. The second kappa shape index (κ2) is 10.0. The number of hydrogen-bond donors (Lipinski definition) is 3. The summed E-state index contributed by atoms with van der Waals surface area (Å²) in [4.78, 5) is 38.4. The number of nitrogens with one attached hydrogen (secondary N) is 2. The number of amides is 3. The zero-order valence-electron chi connectivity index (χ0n) is 18.8. The van der Waals surface area contributed by atoms with Crippen molar-refractivity contribution in [1.82, 2.24) is 15.5 Å². The summed E-state index contributed by atoms with van der Waals surface area (Å²) in [6.07, 6.45) is 1.63. The molecule has 1 heterocycles. The molecule has 1 aliphatic heterocycles. The molecule has 2 aromatic rings. The van der Waals surface area contributed by atoms with Crippen LogP contribution >= 0.6 is 0 Å². The van der Waals surface area contributed by atoms with E-state index in [0.29, 0.717) is 19.4 Å². The largest absolute Gasteiger partial charge is 0.436 e. The second-order valence-electron chi connectivity index (χ2n) is 8.61. The Bertz CT molecular complexity index is 989. The van der Waals surface area contributed by atoms with Crippen LogP contribution in [0.5, 0.6) is 0 Å². The van der Waals surface area contributed by atoms with Crippen molar-refractivity contribution in [3.63, 3.8) is 0 Å². The van der Waals surface area contributed by atoms with Crippen LogP contribution in [0.3, 0.4) is 0 Å². The Hall–Kier alpha value is -3.39. The molecule has 4 rings (SSSR count). The topological polar surface area (TPSA) is 114 Å². The number of carbonyl (C=O) groups excluding carboxylic acids is 3. The predicted molar refractivity (Wildman–Crippen MR) is 124 cm³/mol. The van der Waals surface area contributed by atoms with Gasteiger partial charge in [0.15, 0.2) is 6.10 Å². The van der Waals surface area contributed by atoms with Crippen LogP contribution in [0.4, 0.5) is 4.79 Å². The molecule has 2 aliphatic rings. The van der Waals surface area contributed by atoms with E-state index in [-0.39, 0.29) is 11.9 Å². The molecule has 174 valence electrons. The fourth-order valence-electron chi connectivity index (χ4n) is 4.52. The first-order valence-corrected chi connectivity index (χ1v) is 11.4. The molecular formula is C25H30N4O4. The van der Waals surface area contributed by atoms with Crippen molar-refractivity contribution >= 4 is 17.9 Å². The summed E-state index contributed by atoms with van der Waals surface area (Å²) in [6, 6.07) is 14.8. The second-order valence-corrected chi connectivity index (χ2v) is 8.61. The number of fused-ring (bicyclic) bond motifs is 3. The first kappa shape index (κ1) is 22.8. The van der Waals surface area contributed by atoms with E-state index >= 15 is 0 Å². The summed E-state index contributed by atoms with van der Waals surface area (Å²) >= 11 is 0. The lowest BCUT2D eigenvalue weighted by molar-refractivity contribution is -0.128. The van der Waals surface area contributed by atoms with Crippen molar-refractivity contribution in [1.29, 1.82) is 0 Å². The number of primary amides is 1. The van der Waals surface area contributed by atoms with Crippen molar-refractivity contribution in [2.75, 3.05) is 20.1 Å². The maximum atomic E-state index is 12.8. The van der Waals surface area contributed by atoms with Gasteiger partial charge >= 0.3 is 6.09 Å². The Labute approximate surface area is 193 Å². The molecule has 4 N–H and O–H groups in total. The van der Waals surface area contributed by atoms with Gasteiger partial charge in [-0.3, -0.25) is 9.59 Å². The van der Waals surface area contributed by atoms with Gasteiger partial charge in [0.25, 0.3) is 0 Å². The molecule has 33 heavy (non-hydrogen) atoms. The zero-order chi connectivity index (χ0) is 23.4. The number of rotatable bonds is 8. The quantitative estimate of drug-likeness (QED) is 0.571. The first-order chi connectivity index (χ1) is 16.0. The van der Waals surface area contributed by atoms with E-state index in [1.54, 1.807) is 7.05 Å². The van der Waals surface area contributed by atoms with Gasteiger partial charge in [0, 0.05) is 24.7 Å². The van der Waals surface area contributed by atoms with Gasteiger partial charge in [-0.2, -0.15) is 0 Å². The Morgan fingerprint density at radius 1 is 1.12 bits per heavy atom. The van der Waals surface area contributed by atoms with Crippen molar-refractivity contribution in [2.45, 2.75) is 43.9 Å². The minimum absolute atomic E-state index is 0.206. The summed E-state index contributed by atoms with van der Waals surface area (Å²) in [5, 5.41) is 5.84. The monoisotopic (exact) mass is 450 g/mol. The molecule has 1 saturated heterocycles. The molecule has 2 aromatic carbocycles. The van der Waals surface area contributed by atoms with Crippen molar-refractivity contribution in [2.24, 2.45) is 5.73 Å². The maximum absolute atomic E-state index is 12.8. The summed E-state index contributed by atoms with van der Waals surface area (Å²) in [5.41, 5.74) is 9.57. The van der Waals surface area contributed by atoms with Crippen LogP contribution in [0.2, 0.25) is 0 Å². The molecule has 1 fully saturated rings. The third kappa shape index (κ3) is 5.01. The highest BCUT2D eigenvalue weighted by molar-refractivity contribution is 5.89. The first-order valence-electron chi connectivity index (χ1n) is 11.4. The SMILES string of the molecule is CN(CCC[C@H](NC(=O)[C@@H]1CCCN1)C(N)=O)C(=O)OC1c2ccccc2-c2ccccc21. The van der Waals surface area contributed by atoms with Gasteiger partial charge in [0.2, 0.25) is 11.8 Å². The summed E-state index contributed by atoms with van der Waals surface area (Å²) in [5.74, 6) is -0.784. The Morgan fingerprint density at radius 3 is 2.33 bits per heavy atom.